The zero-order valence-corrected chi connectivity index (χ0v) is 13.1. The normalized spacial score (nSPS) is 10.5. The minimum absolute atomic E-state index is 0.122. The van der Waals surface area contributed by atoms with Crippen LogP contribution in [0.1, 0.15) is 21.7 Å². The fraction of sp³-hybridized carbons (Fsp3) is 0.111. The number of imidazole rings is 1. The Bertz CT molecular complexity index is 849. The minimum Gasteiger partial charge on any atom is -0.507 e. The summed E-state index contributed by atoms with van der Waals surface area (Å²) < 4.78 is 1.96. The third-order valence-corrected chi connectivity index (χ3v) is 3.74. The van der Waals surface area contributed by atoms with Crippen LogP contribution in [0.3, 0.4) is 0 Å². The summed E-state index contributed by atoms with van der Waals surface area (Å²) in [5, 5.41) is 22.1. The summed E-state index contributed by atoms with van der Waals surface area (Å²) in [7, 11) is 0. The molecule has 0 unspecified atom stereocenters. The highest BCUT2D eigenvalue weighted by atomic mass is 16.3. The van der Waals surface area contributed by atoms with E-state index in [0.717, 1.165) is 17.1 Å². The van der Waals surface area contributed by atoms with Crippen LogP contribution in [-0.4, -0.2) is 25.7 Å². The van der Waals surface area contributed by atoms with Gasteiger partial charge in [-0.15, -0.1) is 0 Å². The van der Waals surface area contributed by atoms with Crippen molar-refractivity contribution in [1.82, 2.24) is 14.9 Å². The monoisotopic (exact) mass is 323 g/mol. The van der Waals surface area contributed by atoms with Crippen LogP contribution in [0, 0.1) is 6.92 Å². The van der Waals surface area contributed by atoms with Gasteiger partial charge in [0, 0.05) is 24.6 Å². The van der Waals surface area contributed by atoms with E-state index in [1.54, 1.807) is 6.20 Å². The van der Waals surface area contributed by atoms with Crippen molar-refractivity contribution in [2.75, 3.05) is 0 Å². The van der Waals surface area contributed by atoms with Crippen molar-refractivity contribution >= 4 is 5.91 Å². The van der Waals surface area contributed by atoms with Gasteiger partial charge in [0.25, 0.3) is 5.91 Å². The van der Waals surface area contributed by atoms with Crippen LogP contribution in [-0.2, 0) is 6.54 Å². The number of benzene rings is 2. The van der Waals surface area contributed by atoms with Crippen molar-refractivity contribution in [3.8, 4) is 17.2 Å². The lowest BCUT2D eigenvalue weighted by atomic mass is 10.1. The van der Waals surface area contributed by atoms with Crippen molar-refractivity contribution < 1.29 is 15.0 Å². The quantitative estimate of drug-likeness (QED) is 0.688. The van der Waals surface area contributed by atoms with Crippen molar-refractivity contribution in [2.45, 2.75) is 13.5 Å². The van der Waals surface area contributed by atoms with Crippen LogP contribution in [0.15, 0.2) is 54.9 Å². The number of phenolic OH excluding ortho intramolecular Hbond substituents is 2. The Morgan fingerprint density at radius 3 is 2.38 bits per heavy atom. The molecule has 0 radical (unpaired) electrons. The van der Waals surface area contributed by atoms with Gasteiger partial charge in [0.05, 0.1) is 0 Å². The number of amides is 1. The molecule has 0 fully saturated rings. The van der Waals surface area contributed by atoms with E-state index < -0.39 is 5.91 Å². The van der Waals surface area contributed by atoms with Crippen LogP contribution in [0.4, 0.5) is 0 Å². The Hall–Kier alpha value is -3.28. The average Bonchev–Trinajstić information content (AvgIpc) is 2.99. The number of nitrogens with zero attached hydrogens (tertiary/aromatic N) is 2. The van der Waals surface area contributed by atoms with E-state index in [-0.39, 0.29) is 23.6 Å². The lowest BCUT2D eigenvalue weighted by molar-refractivity contribution is 0.0945. The van der Waals surface area contributed by atoms with E-state index >= 15 is 0 Å². The molecule has 3 rings (SSSR count). The molecule has 1 amide bonds. The Morgan fingerprint density at radius 2 is 1.79 bits per heavy atom. The maximum absolute atomic E-state index is 12.1. The average molecular weight is 323 g/mol. The molecule has 0 aliphatic heterocycles. The molecule has 1 heterocycles. The molecule has 122 valence electrons. The van der Waals surface area contributed by atoms with E-state index in [9.17, 15) is 15.0 Å². The molecule has 2 aromatic carbocycles. The van der Waals surface area contributed by atoms with E-state index in [1.807, 2.05) is 42.0 Å². The molecule has 3 aromatic rings. The van der Waals surface area contributed by atoms with Gasteiger partial charge in [-0.05, 0) is 36.8 Å². The SMILES string of the molecule is Cc1nccn1-c1ccc(CNC(=O)c2c(O)cccc2O)cc1. The third-order valence-electron chi connectivity index (χ3n) is 3.74. The summed E-state index contributed by atoms with van der Waals surface area (Å²) in [4.78, 5) is 16.3. The number of aromatic hydroxyl groups is 2. The molecule has 3 N–H and O–H groups in total. The smallest absolute Gasteiger partial charge is 0.259 e. The molecule has 0 bridgehead atoms. The fourth-order valence-corrected chi connectivity index (χ4v) is 2.46. The summed E-state index contributed by atoms with van der Waals surface area (Å²) in [6.07, 6.45) is 3.62. The molecule has 0 atom stereocenters. The number of rotatable bonds is 4. The lowest BCUT2D eigenvalue weighted by Crippen LogP contribution is -2.23. The molecular weight excluding hydrogens is 306 g/mol. The van der Waals surface area contributed by atoms with E-state index in [2.05, 4.69) is 10.3 Å². The second-order valence-corrected chi connectivity index (χ2v) is 5.36. The van der Waals surface area contributed by atoms with Gasteiger partial charge in [0.1, 0.15) is 22.9 Å². The van der Waals surface area contributed by atoms with Gasteiger partial charge >= 0.3 is 0 Å². The molecule has 0 saturated heterocycles. The maximum Gasteiger partial charge on any atom is 0.259 e. The van der Waals surface area contributed by atoms with Crippen molar-refractivity contribution in [2.24, 2.45) is 0 Å². The van der Waals surface area contributed by atoms with Crippen LogP contribution >= 0.6 is 0 Å². The molecule has 6 heteroatoms. The molecule has 1 aromatic heterocycles. The summed E-state index contributed by atoms with van der Waals surface area (Å²) in [5.41, 5.74) is 1.77. The predicted molar refractivity (Wildman–Crippen MR) is 89.2 cm³/mol. The number of carbonyl (C=O) groups is 1. The summed E-state index contributed by atoms with van der Waals surface area (Å²) in [5.74, 6) is -0.136. The minimum atomic E-state index is -0.528. The molecule has 0 aliphatic rings. The van der Waals surface area contributed by atoms with Gasteiger partial charge in [-0.25, -0.2) is 4.98 Å². The Kier molecular flexibility index (Phi) is 4.20. The fourth-order valence-electron chi connectivity index (χ4n) is 2.46. The molecule has 6 nitrogen and oxygen atoms in total. The second-order valence-electron chi connectivity index (χ2n) is 5.36. The highest BCUT2D eigenvalue weighted by Gasteiger charge is 2.15. The van der Waals surface area contributed by atoms with Gasteiger partial charge in [-0.2, -0.15) is 0 Å². The van der Waals surface area contributed by atoms with Crippen LogP contribution in [0.2, 0.25) is 0 Å². The summed E-state index contributed by atoms with van der Waals surface area (Å²) >= 11 is 0. The molecule has 0 aliphatic carbocycles. The molecule has 0 spiro atoms. The standard InChI is InChI=1S/C18H17N3O3/c1-12-19-9-10-21(12)14-7-5-13(6-8-14)11-20-18(24)17-15(22)3-2-4-16(17)23/h2-10,22-23H,11H2,1H3,(H,20,24). The highest BCUT2D eigenvalue weighted by molar-refractivity contribution is 5.99. The summed E-state index contributed by atoms with van der Waals surface area (Å²) in [6, 6.07) is 11.9. The van der Waals surface area contributed by atoms with E-state index in [0.29, 0.717) is 0 Å². The van der Waals surface area contributed by atoms with E-state index in [1.165, 1.54) is 18.2 Å². The van der Waals surface area contributed by atoms with Gasteiger partial charge < -0.3 is 20.1 Å². The zero-order chi connectivity index (χ0) is 17.1. The first-order chi connectivity index (χ1) is 11.6. The second kappa shape index (κ2) is 6.45. The van der Waals surface area contributed by atoms with Crippen LogP contribution in [0.5, 0.6) is 11.5 Å². The predicted octanol–water partition coefficient (Wildman–Crippen LogP) is 2.52. The number of hydrogen-bond acceptors (Lipinski definition) is 4. The number of phenols is 2. The first kappa shape index (κ1) is 15.6. The third kappa shape index (κ3) is 3.08. The highest BCUT2D eigenvalue weighted by Crippen LogP contribution is 2.25. The van der Waals surface area contributed by atoms with E-state index in [4.69, 9.17) is 0 Å². The number of nitrogens with one attached hydrogen (secondary N) is 1. The van der Waals surface area contributed by atoms with Crippen LogP contribution in [0.25, 0.3) is 5.69 Å². The Labute approximate surface area is 139 Å². The zero-order valence-electron chi connectivity index (χ0n) is 13.1. The van der Waals surface area contributed by atoms with Crippen molar-refractivity contribution in [1.29, 1.82) is 0 Å². The van der Waals surface area contributed by atoms with Crippen molar-refractivity contribution in [3.05, 3.63) is 71.8 Å². The Balaban J connectivity index is 1.69. The molecule has 24 heavy (non-hydrogen) atoms. The van der Waals surface area contributed by atoms with Gasteiger partial charge in [0.2, 0.25) is 0 Å². The molecular formula is C18H17N3O3. The number of hydrogen-bond donors (Lipinski definition) is 3. The largest absolute Gasteiger partial charge is 0.507 e. The van der Waals surface area contributed by atoms with Gasteiger partial charge in [-0.1, -0.05) is 18.2 Å². The summed E-state index contributed by atoms with van der Waals surface area (Å²) in [6.45, 7) is 2.21. The number of aryl methyl sites for hydroxylation is 1. The topological polar surface area (TPSA) is 87.4 Å². The molecule has 0 saturated carbocycles. The van der Waals surface area contributed by atoms with Gasteiger partial charge in [0.15, 0.2) is 0 Å². The van der Waals surface area contributed by atoms with Crippen LogP contribution < -0.4 is 5.32 Å². The van der Waals surface area contributed by atoms with Crippen molar-refractivity contribution in [3.63, 3.8) is 0 Å². The number of carbonyl (C=O) groups excluding carboxylic acids is 1. The van der Waals surface area contributed by atoms with Gasteiger partial charge in [-0.3, -0.25) is 4.79 Å². The first-order valence-electron chi connectivity index (χ1n) is 7.44. The lowest BCUT2D eigenvalue weighted by Gasteiger charge is -2.10. The Morgan fingerprint density at radius 1 is 1.12 bits per heavy atom. The number of aromatic nitrogens is 2. The maximum atomic E-state index is 12.1. The first-order valence-corrected chi connectivity index (χ1v) is 7.44.